The van der Waals surface area contributed by atoms with Gasteiger partial charge in [0.15, 0.2) is 0 Å². The summed E-state index contributed by atoms with van der Waals surface area (Å²) < 4.78 is 1.79. The Hall–Kier alpha value is -3.61. The van der Waals surface area contributed by atoms with Gasteiger partial charge in [0.05, 0.1) is 11.9 Å². The summed E-state index contributed by atoms with van der Waals surface area (Å²) in [5.74, 6) is -0.0862. The number of nitrogens with two attached hydrogens (primary N) is 1. The van der Waals surface area contributed by atoms with Gasteiger partial charge < -0.3 is 16.0 Å². The molecule has 3 aromatic rings. The van der Waals surface area contributed by atoms with Crippen molar-refractivity contribution in [3.05, 3.63) is 83.7 Å². The van der Waals surface area contributed by atoms with Crippen LogP contribution in [0.3, 0.4) is 0 Å². The van der Waals surface area contributed by atoms with E-state index >= 15 is 0 Å². The number of nitrogens with zero attached hydrogens (tertiary/aromatic N) is 3. The van der Waals surface area contributed by atoms with Gasteiger partial charge in [0.1, 0.15) is 0 Å². The van der Waals surface area contributed by atoms with Crippen LogP contribution < -0.4 is 11.1 Å². The SMILES string of the molecule is CN(Cc1cnn(-c2ccccc2)c1)C(=O)c1ccc(CNC(N)=O)cc1. The number of carbonyl (C=O) groups excluding carboxylic acids is 2. The van der Waals surface area contributed by atoms with Crippen molar-refractivity contribution in [3.8, 4) is 5.69 Å². The van der Waals surface area contributed by atoms with E-state index in [1.54, 1.807) is 47.1 Å². The molecule has 7 heteroatoms. The summed E-state index contributed by atoms with van der Waals surface area (Å²) in [4.78, 5) is 25.0. The standard InChI is InChI=1S/C20H21N5O2/c1-24(13-16-12-23-25(14-16)18-5-3-2-4-6-18)19(26)17-9-7-15(8-10-17)11-22-20(21)27/h2-10,12,14H,11,13H2,1H3,(H3,21,22,27). The van der Waals surface area contributed by atoms with Crippen molar-refractivity contribution in [2.45, 2.75) is 13.1 Å². The highest BCUT2D eigenvalue weighted by molar-refractivity contribution is 5.94. The highest BCUT2D eigenvalue weighted by atomic mass is 16.2. The zero-order valence-corrected chi connectivity index (χ0v) is 15.0. The minimum atomic E-state index is -0.578. The maximum absolute atomic E-state index is 12.6. The zero-order chi connectivity index (χ0) is 19.2. The van der Waals surface area contributed by atoms with Crippen molar-refractivity contribution in [3.63, 3.8) is 0 Å². The monoisotopic (exact) mass is 363 g/mol. The zero-order valence-electron chi connectivity index (χ0n) is 15.0. The fraction of sp³-hybridized carbons (Fsp3) is 0.150. The van der Waals surface area contributed by atoms with Gasteiger partial charge in [-0.25, -0.2) is 9.48 Å². The van der Waals surface area contributed by atoms with Crippen molar-refractivity contribution in [1.82, 2.24) is 20.0 Å². The fourth-order valence-corrected chi connectivity index (χ4v) is 2.68. The van der Waals surface area contributed by atoms with Crippen LogP contribution in [0.15, 0.2) is 67.0 Å². The minimum Gasteiger partial charge on any atom is -0.352 e. The summed E-state index contributed by atoms with van der Waals surface area (Å²) in [6, 6.07) is 16.3. The lowest BCUT2D eigenvalue weighted by Crippen LogP contribution is -2.28. The van der Waals surface area contributed by atoms with E-state index in [4.69, 9.17) is 5.73 Å². The molecule has 7 nitrogen and oxygen atoms in total. The summed E-state index contributed by atoms with van der Waals surface area (Å²) in [5.41, 5.74) is 8.42. The van der Waals surface area contributed by atoms with Crippen LogP contribution in [-0.4, -0.2) is 33.7 Å². The van der Waals surface area contributed by atoms with Gasteiger partial charge in [-0.05, 0) is 29.8 Å². The Morgan fingerprint density at radius 2 is 1.78 bits per heavy atom. The number of benzene rings is 2. The molecular weight excluding hydrogens is 342 g/mol. The van der Waals surface area contributed by atoms with Crippen LogP contribution in [-0.2, 0) is 13.1 Å². The van der Waals surface area contributed by atoms with E-state index in [1.165, 1.54) is 0 Å². The Labute approximate surface area is 157 Å². The Balaban J connectivity index is 1.62. The van der Waals surface area contributed by atoms with Gasteiger partial charge >= 0.3 is 6.03 Å². The highest BCUT2D eigenvalue weighted by Gasteiger charge is 2.13. The largest absolute Gasteiger partial charge is 0.352 e. The van der Waals surface area contributed by atoms with Crippen LogP contribution in [0.1, 0.15) is 21.5 Å². The molecule has 138 valence electrons. The first kappa shape index (κ1) is 18.2. The summed E-state index contributed by atoms with van der Waals surface area (Å²) in [6.07, 6.45) is 3.67. The third kappa shape index (κ3) is 4.72. The van der Waals surface area contributed by atoms with Crippen LogP contribution in [0.25, 0.3) is 5.69 Å². The van der Waals surface area contributed by atoms with E-state index in [0.717, 1.165) is 16.8 Å². The van der Waals surface area contributed by atoms with Crippen molar-refractivity contribution in [2.75, 3.05) is 7.05 Å². The van der Waals surface area contributed by atoms with Crippen molar-refractivity contribution < 1.29 is 9.59 Å². The lowest BCUT2D eigenvalue weighted by Gasteiger charge is -2.16. The number of amides is 3. The molecule has 0 spiro atoms. The molecule has 0 saturated carbocycles. The van der Waals surface area contributed by atoms with Gasteiger partial charge in [0.2, 0.25) is 0 Å². The van der Waals surface area contributed by atoms with E-state index in [-0.39, 0.29) is 5.91 Å². The smallest absolute Gasteiger partial charge is 0.312 e. The van der Waals surface area contributed by atoms with E-state index in [2.05, 4.69) is 10.4 Å². The lowest BCUT2D eigenvalue weighted by atomic mass is 10.1. The molecule has 0 unspecified atom stereocenters. The highest BCUT2D eigenvalue weighted by Crippen LogP contribution is 2.12. The van der Waals surface area contributed by atoms with Gasteiger partial charge in [0.25, 0.3) is 5.91 Å². The van der Waals surface area contributed by atoms with Crippen molar-refractivity contribution in [2.24, 2.45) is 5.73 Å². The average molecular weight is 363 g/mol. The number of hydrogen-bond donors (Lipinski definition) is 2. The quantitative estimate of drug-likeness (QED) is 0.704. The van der Waals surface area contributed by atoms with Gasteiger partial charge in [-0.15, -0.1) is 0 Å². The number of carbonyl (C=O) groups is 2. The molecule has 3 N–H and O–H groups in total. The van der Waals surface area contributed by atoms with Gasteiger partial charge in [-0.1, -0.05) is 30.3 Å². The summed E-state index contributed by atoms with van der Waals surface area (Å²) in [5, 5.41) is 6.87. The molecule has 0 saturated heterocycles. The van der Waals surface area contributed by atoms with E-state index in [0.29, 0.717) is 18.7 Å². The Morgan fingerprint density at radius 1 is 1.07 bits per heavy atom. The molecule has 0 aliphatic rings. The Morgan fingerprint density at radius 3 is 2.44 bits per heavy atom. The second-order valence-electron chi connectivity index (χ2n) is 6.20. The molecule has 1 heterocycles. The van der Waals surface area contributed by atoms with Crippen LogP contribution in [0.2, 0.25) is 0 Å². The summed E-state index contributed by atoms with van der Waals surface area (Å²) >= 11 is 0. The topological polar surface area (TPSA) is 93.2 Å². The summed E-state index contributed by atoms with van der Waals surface area (Å²) in [6.45, 7) is 0.787. The number of primary amides is 1. The maximum atomic E-state index is 12.6. The predicted molar refractivity (Wildman–Crippen MR) is 102 cm³/mol. The van der Waals surface area contributed by atoms with Gasteiger partial charge in [-0.2, -0.15) is 5.10 Å². The van der Waals surface area contributed by atoms with E-state index in [9.17, 15) is 9.59 Å². The number of hydrogen-bond acceptors (Lipinski definition) is 3. The Kier molecular flexibility index (Phi) is 5.51. The first-order valence-electron chi connectivity index (χ1n) is 8.49. The molecule has 27 heavy (non-hydrogen) atoms. The molecule has 1 aromatic heterocycles. The molecule has 0 radical (unpaired) electrons. The third-order valence-electron chi connectivity index (χ3n) is 4.09. The molecule has 0 bridgehead atoms. The molecule has 3 rings (SSSR count). The second kappa shape index (κ2) is 8.18. The van der Waals surface area contributed by atoms with Crippen molar-refractivity contribution in [1.29, 1.82) is 0 Å². The lowest BCUT2D eigenvalue weighted by molar-refractivity contribution is 0.0785. The second-order valence-corrected chi connectivity index (χ2v) is 6.20. The first-order chi connectivity index (χ1) is 13.0. The predicted octanol–water partition coefficient (Wildman–Crippen LogP) is 2.31. The van der Waals surface area contributed by atoms with Crippen LogP contribution >= 0.6 is 0 Å². The van der Waals surface area contributed by atoms with Crippen LogP contribution in [0, 0.1) is 0 Å². The average Bonchev–Trinajstić information content (AvgIpc) is 3.15. The normalized spacial score (nSPS) is 10.4. The number of nitrogens with one attached hydrogen (secondary N) is 1. The molecule has 3 amide bonds. The Bertz CT molecular complexity index is 919. The fourth-order valence-electron chi connectivity index (χ4n) is 2.68. The molecule has 0 aliphatic heterocycles. The third-order valence-corrected chi connectivity index (χ3v) is 4.09. The molecule has 0 aliphatic carbocycles. The molecule has 2 aromatic carbocycles. The van der Waals surface area contributed by atoms with Gasteiger partial charge in [0, 0.05) is 37.5 Å². The van der Waals surface area contributed by atoms with Crippen LogP contribution in [0.4, 0.5) is 4.79 Å². The molecule has 0 atom stereocenters. The van der Waals surface area contributed by atoms with Crippen molar-refractivity contribution >= 4 is 11.9 Å². The number of para-hydroxylation sites is 1. The summed E-state index contributed by atoms with van der Waals surface area (Å²) in [7, 11) is 1.75. The number of aromatic nitrogens is 2. The minimum absolute atomic E-state index is 0.0862. The number of urea groups is 1. The van der Waals surface area contributed by atoms with Crippen LogP contribution in [0.5, 0.6) is 0 Å². The maximum Gasteiger partial charge on any atom is 0.312 e. The molecule has 0 fully saturated rings. The van der Waals surface area contributed by atoms with E-state index in [1.807, 2.05) is 36.5 Å². The number of rotatable bonds is 6. The molecular formula is C20H21N5O2. The van der Waals surface area contributed by atoms with E-state index < -0.39 is 6.03 Å². The van der Waals surface area contributed by atoms with Gasteiger partial charge in [-0.3, -0.25) is 4.79 Å². The first-order valence-corrected chi connectivity index (χ1v) is 8.49.